The highest BCUT2D eigenvalue weighted by molar-refractivity contribution is 5.77. The van der Waals surface area contributed by atoms with Crippen molar-refractivity contribution in [3.63, 3.8) is 0 Å². The van der Waals surface area contributed by atoms with Gasteiger partial charge in [0, 0.05) is 18.5 Å². The topological polar surface area (TPSA) is 106 Å². The van der Waals surface area contributed by atoms with E-state index < -0.39 is 0 Å². The van der Waals surface area contributed by atoms with Crippen molar-refractivity contribution in [1.82, 2.24) is 25.0 Å². The minimum absolute atomic E-state index is 0.165. The summed E-state index contributed by atoms with van der Waals surface area (Å²) in [4.78, 5) is 31.2. The number of hydrogen-bond donors (Lipinski definition) is 2. The summed E-state index contributed by atoms with van der Waals surface area (Å²) in [5.41, 5.74) is 2.13. The lowest BCUT2D eigenvalue weighted by molar-refractivity contribution is -0.121. The Morgan fingerprint density at radius 2 is 1.89 bits per heavy atom. The number of fused-ring (bicyclic) bond motifs is 1. The molecule has 27 heavy (non-hydrogen) atoms. The fourth-order valence-corrected chi connectivity index (χ4v) is 2.83. The Morgan fingerprint density at radius 1 is 1.11 bits per heavy atom. The first-order valence-electron chi connectivity index (χ1n) is 8.53. The van der Waals surface area contributed by atoms with Gasteiger partial charge in [-0.15, -0.1) is 0 Å². The molecule has 2 aromatic carbocycles. The zero-order valence-corrected chi connectivity index (χ0v) is 14.4. The third-order valence-electron chi connectivity index (χ3n) is 4.18. The van der Waals surface area contributed by atoms with E-state index in [0.29, 0.717) is 11.7 Å². The maximum atomic E-state index is 12.1. The molecule has 0 spiro atoms. The van der Waals surface area contributed by atoms with Crippen LogP contribution in [0, 0.1) is 0 Å². The van der Waals surface area contributed by atoms with Crippen LogP contribution in [0.15, 0.2) is 63.9 Å². The Balaban J connectivity index is 1.34. The van der Waals surface area contributed by atoms with Crippen LogP contribution in [0.25, 0.3) is 22.5 Å². The van der Waals surface area contributed by atoms with Gasteiger partial charge in [0.2, 0.25) is 5.91 Å². The second-order valence-corrected chi connectivity index (χ2v) is 6.01. The van der Waals surface area contributed by atoms with Gasteiger partial charge in [0.25, 0.3) is 5.89 Å². The molecule has 2 N–H and O–H groups in total. The van der Waals surface area contributed by atoms with Crippen molar-refractivity contribution >= 4 is 16.9 Å². The average Bonchev–Trinajstić information content (AvgIpc) is 3.29. The standard InChI is InChI=1S/C19H17N5O3/c25-17(10-11-24-15-9-5-4-8-14(15)21-19(24)26)20-12-16-22-18(27-23-16)13-6-2-1-3-7-13/h1-9H,10-12H2,(H,20,25)(H,21,26). The second-order valence-electron chi connectivity index (χ2n) is 6.01. The molecule has 0 aliphatic rings. The van der Waals surface area contributed by atoms with E-state index in [9.17, 15) is 9.59 Å². The first-order chi connectivity index (χ1) is 13.2. The Hall–Kier alpha value is -3.68. The zero-order valence-electron chi connectivity index (χ0n) is 14.4. The van der Waals surface area contributed by atoms with Crippen molar-refractivity contribution in [3.05, 3.63) is 70.9 Å². The Morgan fingerprint density at radius 3 is 2.74 bits per heavy atom. The predicted octanol–water partition coefficient (Wildman–Crippen LogP) is 2.09. The number of rotatable bonds is 6. The maximum absolute atomic E-state index is 12.1. The van der Waals surface area contributed by atoms with Gasteiger partial charge < -0.3 is 14.8 Å². The lowest BCUT2D eigenvalue weighted by Crippen LogP contribution is -2.26. The molecule has 0 unspecified atom stereocenters. The number of nitrogens with one attached hydrogen (secondary N) is 2. The lowest BCUT2D eigenvalue weighted by atomic mass is 10.2. The number of para-hydroxylation sites is 2. The number of benzene rings is 2. The summed E-state index contributed by atoms with van der Waals surface area (Å²) >= 11 is 0. The third kappa shape index (κ3) is 3.64. The fourth-order valence-electron chi connectivity index (χ4n) is 2.83. The SMILES string of the molecule is O=C(CCn1c(=O)[nH]c2ccccc21)NCc1noc(-c2ccccc2)n1. The Bertz CT molecular complexity index is 1130. The minimum Gasteiger partial charge on any atom is -0.349 e. The summed E-state index contributed by atoms with van der Waals surface area (Å²) in [6.45, 7) is 0.453. The smallest absolute Gasteiger partial charge is 0.326 e. The van der Waals surface area contributed by atoms with Gasteiger partial charge in [-0.05, 0) is 24.3 Å². The first-order valence-corrected chi connectivity index (χ1v) is 8.53. The second kappa shape index (κ2) is 7.28. The van der Waals surface area contributed by atoms with E-state index in [4.69, 9.17) is 4.52 Å². The van der Waals surface area contributed by atoms with Gasteiger partial charge in [0.05, 0.1) is 17.6 Å². The highest BCUT2D eigenvalue weighted by Crippen LogP contribution is 2.16. The maximum Gasteiger partial charge on any atom is 0.326 e. The molecule has 0 saturated carbocycles. The van der Waals surface area contributed by atoms with Crippen molar-refractivity contribution < 1.29 is 9.32 Å². The van der Waals surface area contributed by atoms with Crippen molar-refractivity contribution in [2.24, 2.45) is 0 Å². The molecule has 0 bridgehead atoms. The Kier molecular flexibility index (Phi) is 4.52. The molecule has 136 valence electrons. The third-order valence-corrected chi connectivity index (χ3v) is 4.18. The summed E-state index contributed by atoms with van der Waals surface area (Å²) in [6, 6.07) is 16.8. The largest absolute Gasteiger partial charge is 0.349 e. The molecular formula is C19H17N5O3. The van der Waals surface area contributed by atoms with E-state index >= 15 is 0 Å². The van der Waals surface area contributed by atoms with Crippen molar-refractivity contribution in [2.75, 3.05) is 0 Å². The summed E-state index contributed by atoms with van der Waals surface area (Å²) < 4.78 is 6.76. The van der Waals surface area contributed by atoms with Gasteiger partial charge in [0.1, 0.15) is 0 Å². The number of aryl methyl sites for hydroxylation is 1. The van der Waals surface area contributed by atoms with E-state index in [1.807, 2.05) is 54.6 Å². The van der Waals surface area contributed by atoms with Crippen LogP contribution in [-0.4, -0.2) is 25.6 Å². The highest BCUT2D eigenvalue weighted by Gasteiger charge is 2.11. The zero-order chi connectivity index (χ0) is 18.6. The summed E-state index contributed by atoms with van der Waals surface area (Å²) in [5, 5.41) is 6.61. The van der Waals surface area contributed by atoms with Gasteiger partial charge in [0.15, 0.2) is 5.82 Å². The number of imidazole rings is 1. The van der Waals surface area contributed by atoms with E-state index in [1.54, 1.807) is 4.57 Å². The fraction of sp³-hybridized carbons (Fsp3) is 0.158. The van der Waals surface area contributed by atoms with Crippen LogP contribution in [0.4, 0.5) is 0 Å². The molecule has 4 rings (SSSR count). The van der Waals surface area contributed by atoms with Gasteiger partial charge in [-0.2, -0.15) is 4.98 Å². The van der Waals surface area contributed by atoms with Crippen LogP contribution in [-0.2, 0) is 17.9 Å². The monoisotopic (exact) mass is 363 g/mol. The molecule has 0 radical (unpaired) electrons. The van der Waals surface area contributed by atoms with Gasteiger partial charge in [-0.1, -0.05) is 35.5 Å². The summed E-state index contributed by atoms with van der Waals surface area (Å²) in [7, 11) is 0. The number of hydrogen-bond acceptors (Lipinski definition) is 5. The molecule has 0 aliphatic carbocycles. The van der Waals surface area contributed by atoms with Gasteiger partial charge >= 0.3 is 5.69 Å². The molecule has 0 fully saturated rings. The number of H-pyrrole nitrogens is 1. The molecule has 8 nitrogen and oxygen atoms in total. The van der Waals surface area contributed by atoms with E-state index in [1.165, 1.54) is 0 Å². The Labute approximate surface area is 153 Å². The van der Waals surface area contributed by atoms with Gasteiger partial charge in [-0.3, -0.25) is 9.36 Å². The molecule has 2 aromatic heterocycles. The van der Waals surface area contributed by atoms with Gasteiger partial charge in [-0.25, -0.2) is 4.79 Å². The summed E-state index contributed by atoms with van der Waals surface area (Å²) in [6.07, 6.45) is 0.172. The number of amides is 1. The normalized spacial score (nSPS) is 11.0. The highest BCUT2D eigenvalue weighted by atomic mass is 16.5. The molecule has 0 atom stereocenters. The van der Waals surface area contributed by atoms with Crippen LogP contribution in [0.5, 0.6) is 0 Å². The minimum atomic E-state index is -0.227. The number of nitrogens with zero attached hydrogens (tertiary/aromatic N) is 3. The molecule has 4 aromatic rings. The predicted molar refractivity (Wildman–Crippen MR) is 98.8 cm³/mol. The van der Waals surface area contributed by atoms with E-state index in [2.05, 4.69) is 20.4 Å². The van der Waals surface area contributed by atoms with Crippen molar-refractivity contribution in [3.8, 4) is 11.5 Å². The summed E-state index contributed by atoms with van der Waals surface area (Å²) in [5.74, 6) is 0.606. The quantitative estimate of drug-likeness (QED) is 0.546. The molecule has 1 amide bonds. The number of carbonyl (C=O) groups is 1. The molecule has 2 heterocycles. The van der Waals surface area contributed by atoms with E-state index in [0.717, 1.165) is 16.6 Å². The molecule has 0 saturated heterocycles. The molecule has 0 aliphatic heterocycles. The van der Waals surface area contributed by atoms with Crippen LogP contribution in [0.1, 0.15) is 12.2 Å². The van der Waals surface area contributed by atoms with Crippen LogP contribution in [0.2, 0.25) is 0 Å². The van der Waals surface area contributed by atoms with Crippen molar-refractivity contribution in [1.29, 1.82) is 0 Å². The van der Waals surface area contributed by atoms with Crippen LogP contribution in [0.3, 0.4) is 0 Å². The number of aromatic amines is 1. The lowest BCUT2D eigenvalue weighted by Gasteiger charge is -2.04. The number of aromatic nitrogens is 4. The molecular weight excluding hydrogens is 346 g/mol. The average molecular weight is 363 g/mol. The van der Waals surface area contributed by atoms with Crippen LogP contribution >= 0.6 is 0 Å². The number of carbonyl (C=O) groups excluding carboxylic acids is 1. The first kappa shape index (κ1) is 16.8. The molecule has 8 heteroatoms. The van der Waals surface area contributed by atoms with E-state index in [-0.39, 0.29) is 31.1 Å². The van der Waals surface area contributed by atoms with Crippen LogP contribution < -0.4 is 11.0 Å². The van der Waals surface area contributed by atoms with Crippen molar-refractivity contribution in [2.45, 2.75) is 19.5 Å².